The number of carbonyl (C=O) groups is 1. The molecule has 8 heteroatoms. The van der Waals surface area contributed by atoms with Gasteiger partial charge in [0.05, 0.1) is 11.0 Å². The van der Waals surface area contributed by atoms with Crippen molar-refractivity contribution in [2.24, 2.45) is 0 Å². The van der Waals surface area contributed by atoms with Gasteiger partial charge in [-0.1, -0.05) is 22.0 Å². The predicted octanol–water partition coefficient (Wildman–Crippen LogP) is 0.658. The van der Waals surface area contributed by atoms with Gasteiger partial charge in [-0.2, -0.15) is 4.31 Å². The van der Waals surface area contributed by atoms with Gasteiger partial charge in [-0.25, -0.2) is 8.42 Å². The summed E-state index contributed by atoms with van der Waals surface area (Å²) in [4.78, 5) is 11.1. The smallest absolute Gasteiger partial charge is 0.322 e. The van der Waals surface area contributed by atoms with E-state index in [0.29, 0.717) is 4.47 Å². The fourth-order valence-electron chi connectivity index (χ4n) is 2.04. The maximum atomic E-state index is 12.4. The first-order valence-corrected chi connectivity index (χ1v) is 7.74. The molecule has 1 aromatic rings. The SMILES string of the molecule is O=C(O)[C@@H]1C[C@@H](O)CN1S(=O)(=O)c1cccc(Br)c1. The zero-order chi connectivity index (χ0) is 14.2. The number of carboxylic acid groups (broad SMARTS) is 1. The highest BCUT2D eigenvalue weighted by Gasteiger charge is 2.43. The number of carboxylic acids is 1. The Balaban J connectivity index is 2.41. The molecule has 1 aliphatic rings. The summed E-state index contributed by atoms with van der Waals surface area (Å²) >= 11 is 3.17. The standard InChI is InChI=1S/C11H12BrNO5S/c12-7-2-1-3-9(4-7)19(17,18)13-6-8(14)5-10(13)11(15)16/h1-4,8,10,14H,5-6H2,(H,15,16)/t8-,10+/m1/s1. The molecule has 0 unspecified atom stereocenters. The van der Waals surface area contributed by atoms with Crippen molar-refractivity contribution >= 4 is 31.9 Å². The van der Waals surface area contributed by atoms with Crippen LogP contribution >= 0.6 is 15.9 Å². The summed E-state index contributed by atoms with van der Waals surface area (Å²) in [7, 11) is -3.93. The van der Waals surface area contributed by atoms with Crippen molar-refractivity contribution in [3.05, 3.63) is 28.7 Å². The Morgan fingerprint density at radius 1 is 1.42 bits per heavy atom. The minimum absolute atomic E-state index is 0.00206. The highest BCUT2D eigenvalue weighted by molar-refractivity contribution is 9.10. The van der Waals surface area contributed by atoms with E-state index in [-0.39, 0.29) is 17.9 Å². The van der Waals surface area contributed by atoms with Crippen LogP contribution in [0.2, 0.25) is 0 Å². The van der Waals surface area contributed by atoms with Crippen LogP contribution < -0.4 is 0 Å². The van der Waals surface area contributed by atoms with Crippen molar-refractivity contribution in [2.75, 3.05) is 6.54 Å². The summed E-state index contributed by atoms with van der Waals surface area (Å²) in [6, 6.07) is 4.80. The Morgan fingerprint density at radius 2 is 2.11 bits per heavy atom. The molecular weight excluding hydrogens is 338 g/mol. The van der Waals surface area contributed by atoms with Crippen LogP contribution in [-0.4, -0.2) is 47.6 Å². The highest BCUT2D eigenvalue weighted by atomic mass is 79.9. The lowest BCUT2D eigenvalue weighted by atomic mass is 10.2. The van der Waals surface area contributed by atoms with Crippen molar-refractivity contribution in [3.8, 4) is 0 Å². The van der Waals surface area contributed by atoms with E-state index in [1.54, 1.807) is 12.1 Å². The molecule has 0 radical (unpaired) electrons. The lowest BCUT2D eigenvalue weighted by Gasteiger charge is -2.20. The first-order chi connectivity index (χ1) is 8.82. The van der Waals surface area contributed by atoms with Gasteiger partial charge in [0, 0.05) is 17.4 Å². The van der Waals surface area contributed by atoms with Gasteiger partial charge in [0.25, 0.3) is 0 Å². The molecule has 19 heavy (non-hydrogen) atoms. The lowest BCUT2D eigenvalue weighted by Crippen LogP contribution is -2.40. The molecular formula is C11H12BrNO5S. The van der Waals surface area contributed by atoms with Crippen LogP contribution in [0.3, 0.4) is 0 Å². The Morgan fingerprint density at radius 3 is 2.68 bits per heavy atom. The van der Waals surface area contributed by atoms with Gasteiger partial charge in [0.1, 0.15) is 6.04 Å². The molecule has 6 nitrogen and oxygen atoms in total. The second-order valence-corrected chi connectivity index (χ2v) is 7.08. The third-order valence-electron chi connectivity index (χ3n) is 2.92. The van der Waals surface area contributed by atoms with Crippen molar-refractivity contribution in [2.45, 2.75) is 23.5 Å². The number of halogens is 1. The molecule has 0 saturated carbocycles. The molecule has 1 heterocycles. The molecule has 0 aromatic heterocycles. The number of sulfonamides is 1. The maximum absolute atomic E-state index is 12.4. The fourth-order valence-corrected chi connectivity index (χ4v) is 4.26. The van der Waals surface area contributed by atoms with Gasteiger partial charge in [0.15, 0.2) is 0 Å². The van der Waals surface area contributed by atoms with Crippen LogP contribution in [0, 0.1) is 0 Å². The molecule has 1 fully saturated rings. The van der Waals surface area contributed by atoms with Gasteiger partial charge in [-0.15, -0.1) is 0 Å². The second-order valence-electron chi connectivity index (χ2n) is 4.28. The number of benzene rings is 1. The normalized spacial score (nSPS) is 24.5. The maximum Gasteiger partial charge on any atom is 0.322 e. The summed E-state index contributed by atoms with van der Waals surface area (Å²) in [5.41, 5.74) is 0. The molecule has 0 spiro atoms. The van der Waals surface area contributed by atoms with Crippen LogP contribution in [-0.2, 0) is 14.8 Å². The number of aliphatic hydroxyl groups excluding tert-OH is 1. The van der Waals surface area contributed by atoms with Crippen molar-refractivity contribution in [3.63, 3.8) is 0 Å². The molecule has 1 saturated heterocycles. The second kappa shape index (κ2) is 5.20. The van der Waals surface area contributed by atoms with E-state index < -0.39 is 28.1 Å². The first kappa shape index (κ1) is 14.4. The fraction of sp³-hybridized carbons (Fsp3) is 0.364. The molecule has 0 bridgehead atoms. The number of nitrogens with zero attached hydrogens (tertiary/aromatic N) is 1. The highest BCUT2D eigenvalue weighted by Crippen LogP contribution is 2.27. The van der Waals surface area contributed by atoms with Crippen molar-refractivity contribution < 1.29 is 23.4 Å². The number of aliphatic hydroxyl groups is 1. The number of hydrogen-bond acceptors (Lipinski definition) is 4. The van der Waals surface area contributed by atoms with E-state index in [2.05, 4.69) is 15.9 Å². The Labute approximate surface area is 118 Å². The zero-order valence-corrected chi connectivity index (χ0v) is 12.1. The van der Waals surface area contributed by atoms with E-state index in [1.807, 2.05) is 0 Å². The van der Waals surface area contributed by atoms with E-state index in [1.165, 1.54) is 12.1 Å². The van der Waals surface area contributed by atoms with Crippen LogP contribution in [0.5, 0.6) is 0 Å². The molecule has 2 rings (SSSR count). The van der Waals surface area contributed by atoms with Crippen molar-refractivity contribution in [1.82, 2.24) is 4.31 Å². The van der Waals surface area contributed by atoms with Gasteiger partial charge >= 0.3 is 5.97 Å². The average Bonchev–Trinajstić information content (AvgIpc) is 2.72. The van der Waals surface area contributed by atoms with E-state index in [0.717, 1.165) is 4.31 Å². The molecule has 0 aliphatic carbocycles. The van der Waals surface area contributed by atoms with E-state index in [9.17, 15) is 18.3 Å². The summed E-state index contributed by atoms with van der Waals surface area (Å²) in [5.74, 6) is -1.25. The molecule has 2 atom stereocenters. The number of aliphatic carboxylic acids is 1. The minimum atomic E-state index is -3.93. The van der Waals surface area contributed by atoms with E-state index >= 15 is 0 Å². The van der Waals surface area contributed by atoms with E-state index in [4.69, 9.17) is 5.11 Å². The lowest BCUT2D eigenvalue weighted by molar-refractivity contribution is -0.140. The summed E-state index contributed by atoms with van der Waals surface area (Å²) < 4.78 is 26.2. The van der Waals surface area contributed by atoms with Gasteiger partial charge in [0.2, 0.25) is 10.0 Å². The third-order valence-corrected chi connectivity index (χ3v) is 5.29. The van der Waals surface area contributed by atoms with Crippen LogP contribution in [0.15, 0.2) is 33.6 Å². The van der Waals surface area contributed by atoms with Gasteiger partial charge in [-0.3, -0.25) is 4.79 Å². The van der Waals surface area contributed by atoms with Crippen LogP contribution in [0.1, 0.15) is 6.42 Å². The number of β-amino-alcohol motifs (C(OH)–C–C–N with tert-alkyl or cyclic N) is 1. The quantitative estimate of drug-likeness (QED) is 0.835. The minimum Gasteiger partial charge on any atom is -0.480 e. The Bertz CT molecular complexity index is 603. The summed E-state index contributed by atoms with van der Waals surface area (Å²) in [5, 5.41) is 18.5. The first-order valence-electron chi connectivity index (χ1n) is 5.50. The monoisotopic (exact) mass is 349 g/mol. The average molecular weight is 350 g/mol. The summed E-state index contributed by atoms with van der Waals surface area (Å²) in [6.45, 7) is -0.203. The van der Waals surface area contributed by atoms with Gasteiger partial charge in [-0.05, 0) is 18.2 Å². The Kier molecular flexibility index (Phi) is 3.95. The van der Waals surface area contributed by atoms with Crippen molar-refractivity contribution in [1.29, 1.82) is 0 Å². The molecule has 2 N–H and O–H groups in total. The third kappa shape index (κ3) is 2.81. The molecule has 0 amide bonds. The molecule has 1 aromatic carbocycles. The molecule has 1 aliphatic heterocycles. The zero-order valence-electron chi connectivity index (χ0n) is 9.73. The van der Waals surface area contributed by atoms with Gasteiger partial charge < -0.3 is 10.2 Å². The number of rotatable bonds is 3. The van der Waals surface area contributed by atoms with Crippen LogP contribution in [0.4, 0.5) is 0 Å². The topological polar surface area (TPSA) is 94.9 Å². The van der Waals surface area contributed by atoms with Crippen LogP contribution in [0.25, 0.3) is 0 Å². The molecule has 104 valence electrons. The number of hydrogen-bond donors (Lipinski definition) is 2. The largest absolute Gasteiger partial charge is 0.480 e. The summed E-state index contributed by atoms with van der Waals surface area (Å²) in [6.07, 6.45) is -1.05. The predicted molar refractivity (Wildman–Crippen MR) is 70.1 cm³/mol. The Hall–Kier alpha value is -0.960.